The Kier molecular flexibility index (Phi) is 5.72. The van der Waals surface area contributed by atoms with Crippen LogP contribution in [0.3, 0.4) is 0 Å². The molecule has 0 unspecified atom stereocenters. The average Bonchev–Trinajstić information content (AvgIpc) is 3.35. The smallest absolute Gasteiger partial charge is 0.336 e. The second-order valence-electron chi connectivity index (χ2n) is 6.29. The van der Waals surface area contributed by atoms with Crippen LogP contribution >= 0.6 is 23.1 Å². The largest absolute Gasteiger partial charge is 0.423 e. The van der Waals surface area contributed by atoms with Crippen molar-refractivity contribution in [1.29, 1.82) is 0 Å². The van der Waals surface area contributed by atoms with Crippen LogP contribution < -0.4 is 10.9 Å². The Hall–Kier alpha value is -2.98. The highest BCUT2D eigenvalue weighted by Gasteiger charge is 2.12. The van der Waals surface area contributed by atoms with Gasteiger partial charge in [0, 0.05) is 47.2 Å². The van der Waals surface area contributed by atoms with E-state index in [1.807, 2.05) is 17.5 Å². The van der Waals surface area contributed by atoms with Gasteiger partial charge in [-0.2, -0.15) is 0 Å². The first-order valence-electron chi connectivity index (χ1n) is 8.84. The Balaban J connectivity index is 1.52. The van der Waals surface area contributed by atoms with Gasteiger partial charge in [-0.3, -0.25) is 4.79 Å². The molecule has 0 saturated carbocycles. The van der Waals surface area contributed by atoms with Crippen molar-refractivity contribution in [3.05, 3.63) is 62.6 Å². The molecule has 10 heteroatoms. The summed E-state index contributed by atoms with van der Waals surface area (Å²) >= 11 is 3.17. The summed E-state index contributed by atoms with van der Waals surface area (Å²) in [4.78, 5) is 24.5. The molecule has 0 atom stereocenters. The number of carbonyl (C=O) groups excluding carboxylic acids is 1. The quantitative estimate of drug-likeness (QED) is 0.356. The van der Waals surface area contributed by atoms with E-state index in [1.165, 1.54) is 29.6 Å². The van der Waals surface area contributed by atoms with Crippen LogP contribution in [0.2, 0.25) is 0 Å². The van der Waals surface area contributed by atoms with Gasteiger partial charge in [-0.05, 0) is 39.6 Å². The number of carbonyl (C=O) groups is 1. The van der Waals surface area contributed by atoms with Gasteiger partial charge in [0.2, 0.25) is 11.1 Å². The van der Waals surface area contributed by atoms with E-state index in [0.717, 1.165) is 17.4 Å². The molecule has 0 aliphatic heterocycles. The maximum atomic E-state index is 12.0. The number of thiophene rings is 1. The van der Waals surface area contributed by atoms with Crippen LogP contribution in [-0.2, 0) is 23.5 Å². The van der Waals surface area contributed by atoms with Gasteiger partial charge in [-0.15, -0.1) is 16.4 Å². The third-order valence-electron chi connectivity index (χ3n) is 4.16. The first-order chi connectivity index (χ1) is 14.1. The van der Waals surface area contributed by atoms with Crippen molar-refractivity contribution < 1.29 is 9.21 Å². The molecule has 148 valence electrons. The normalized spacial score (nSPS) is 11.1. The lowest BCUT2D eigenvalue weighted by molar-refractivity contribution is -0.114. The number of aryl methyl sites for hydroxylation is 2. The zero-order valence-electron chi connectivity index (χ0n) is 15.5. The minimum Gasteiger partial charge on any atom is -0.423 e. The van der Waals surface area contributed by atoms with Gasteiger partial charge in [0.15, 0.2) is 0 Å². The monoisotopic (exact) mass is 427 g/mol. The maximum absolute atomic E-state index is 12.0. The fourth-order valence-electron chi connectivity index (χ4n) is 2.88. The van der Waals surface area contributed by atoms with Gasteiger partial charge in [-0.1, -0.05) is 17.8 Å². The van der Waals surface area contributed by atoms with Crippen LogP contribution in [0.25, 0.3) is 11.0 Å². The molecule has 1 amide bonds. The molecule has 0 radical (unpaired) electrons. The predicted octanol–water partition coefficient (Wildman–Crippen LogP) is 3.33. The van der Waals surface area contributed by atoms with E-state index in [9.17, 15) is 9.59 Å². The summed E-state index contributed by atoms with van der Waals surface area (Å²) in [6, 6.07) is 10.9. The third kappa shape index (κ3) is 4.72. The number of benzene rings is 1. The van der Waals surface area contributed by atoms with E-state index in [-0.39, 0.29) is 5.91 Å². The van der Waals surface area contributed by atoms with Crippen molar-refractivity contribution in [1.82, 2.24) is 20.2 Å². The number of hydrogen-bond acceptors (Lipinski definition) is 8. The lowest BCUT2D eigenvalue weighted by Gasteiger charge is -2.08. The summed E-state index contributed by atoms with van der Waals surface area (Å²) in [6.07, 6.45) is 0.861. The summed E-state index contributed by atoms with van der Waals surface area (Å²) < 4.78 is 7.08. The van der Waals surface area contributed by atoms with Crippen LogP contribution in [0.5, 0.6) is 0 Å². The predicted molar refractivity (Wildman–Crippen MR) is 112 cm³/mol. The SMILES string of the molecule is CC(=O)Nc1ccc2c(CSc3nnnn3CCc3cccs3)cc(=O)oc2c1. The number of thioether (sulfide) groups is 1. The molecule has 0 bridgehead atoms. The molecule has 0 saturated heterocycles. The van der Waals surface area contributed by atoms with E-state index in [4.69, 9.17) is 4.42 Å². The second-order valence-corrected chi connectivity index (χ2v) is 8.26. The van der Waals surface area contributed by atoms with Crippen LogP contribution in [-0.4, -0.2) is 26.1 Å². The average molecular weight is 428 g/mol. The van der Waals surface area contributed by atoms with Crippen molar-refractivity contribution in [3.63, 3.8) is 0 Å². The molecule has 3 aromatic heterocycles. The van der Waals surface area contributed by atoms with E-state index < -0.39 is 5.63 Å². The number of nitrogens with zero attached hydrogens (tertiary/aromatic N) is 4. The topological polar surface area (TPSA) is 103 Å². The fourth-order valence-corrected chi connectivity index (χ4v) is 4.48. The summed E-state index contributed by atoms with van der Waals surface area (Å²) in [6.45, 7) is 2.11. The Morgan fingerprint density at radius 3 is 3.00 bits per heavy atom. The van der Waals surface area contributed by atoms with E-state index in [0.29, 0.717) is 28.7 Å². The molecule has 0 spiro atoms. The van der Waals surface area contributed by atoms with Crippen molar-refractivity contribution in [2.45, 2.75) is 30.8 Å². The fraction of sp³-hybridized carbons (Fsp3) is 0.211. The lowest BCUT2D eigenvalue weighted by atomic mass is 10.1. The molecule has 0 fully saturated rings. The van der Waals surface area contributed by atoms with Crippen LogP contribution in [0, 0.1) is 0 Å². The number of nitrogens with one attached hydrogen (secondary N) is 1. The Labute approximate surface area is 173 Å². The number of fused-ring (bicyclic) bond motifs is 1. The maximum Gasteiger partial charge on any atom is 0.336 e. The Bertz CT molecular complexity index is 1200. The first-order valence-corrected chi connectivity index (χ1v) is 10.7. The molecule has 4 rings (SSSR count). The number of aromatic nitrogens is 4. The number of anilines is 1. The molecular weight excluding hydrogens is 410 g/mol. The molecule has 3 heterocycles. The van der Waals surface area contributed by atoms with Gasteiger partial charge < -0.3 is 9.73 Å². The minimum absolute atomic E-state index is 0.187. The third-order valence-corrected chi connectivity index (χ3v) is 6.10. The van der Waals surface area contributed by atoms with E-state index in [1.54, 1.807) is 28.2 Å². The summed E-state index contributed by atoms with van der Waals surface area (Å²) in [5.41, 5.74) is 1.39. The number of rotatable bonds is 7. The Morgan fingerprint density at radius 1 is 1.31 bits per heavy atom. The highest BCUT2D eigenvalue weighted by molar-refractivity contribution is 7.98. The van der Waals surface area contributed by atoms with Crippen molar-refractivity contribution in [3.8, 4) is 0 Å². The second kappa shape index (κ2) is 8.58. The molecule has 1 N–H and O–H groups in total. The molecule has 29 heavy (non-hydrogen) atoms. The first kappa shape index (κ1) is 19.3. The van der Waals surface area contributed by atoms with Gasteiger partial charge in [0.25, 0.3) is 0 Å². The van der Waals surface area contributed by atoms with Crippen LogP contribution in [0.4, 0.5) is 5.69 Å². The van der Waals surface area contributed by atoms with Crippen molar-refractivity contribution >= 4 is 45.7 Å². The summed E-state index contributed by atoms with van der Waals surface area (Å²) in [7, 11) is 0. The van der Waals surface area contributed by atoms with Gasteiger partial charge in [0.05, 0.1) is 6.54 Å². The van der Waals surface area contributed by atoms with E-state index in [2.05, 4.69) is 26.9 Å². The zero-order chi connectivity index (χ0) is 20.2. The molecule has 4 aromatic rings. The summed E-state index contributed by atoms with van der Waals surface area (Å²) in [5, 5.41) is 18.2. The molecular formula is C19H17N5O3S2. The van der Waals surface area contributed by atoms with Crippen molar-refractivity contribution in [2.24, 2.45) is 0 Å². The molecule has 0 aliphatic rings. The number of tetrazole rings is 1. The number of hydrogen-bond donors (Lipinski definition) is 1. The standard InChI is InChI=1S/C19H17N5O3S2/c1-12(25)20-14-4-5-16-13(9-18(26)27-17(16)10-14)11-29-19-21-22-23-24(19)7-6-15-3-2-8-28-15/h2-5,8-10H,6-7,11H2,1H3,(H,20,25). The van der Waals surface area contributed by atoms with Crippen LogP contribution in [0.15, 0.2) is 56.1 Å². The molecule has 8 nitrogen and oxygen atoms in total. The molecule has 0 aliphatic carbocycles. The lowest BCUT2D eigenvalue weighted by Crippen LogP contribution is -2.06. The highest BCUT2D eigenvalue weighted by atomic mass is 32.2. The molecule has 1 aromatic carbocycles. The Morgan fingerprint density at radius 2 is 2.21 bits per heavy atom. The van der Waals surface area contributed by atoms with E-state index >= 15 is 0 Å². The highest BCUT2D eigenvalue weighted by Crippen LogP contribution is 2.27. The summed E-state index contributed by atoms with van der Waals surface area (Å²) in [5.74, 6) is 0.328. The minimum atomic E-state index is -0.439. The van der Waals surface area contributed by atoms with Gasteiger partial charge >= 0.3 is 5.63 Å². The van der Waals surface area contributed by atoms with Gasteiger partial charge in [0.1, 0.15) is 5.58 Å². The number of amides is 1. The van der Waals surface area contributed by atoms with Crippen molar-refractivity contribution in [2.75, 3.05) is 5.32 Å². The zero-order valence-corrected chi connectivity index (χ0v) is 17.1. The van der Waals surface area contributed by atoms with Gasteiger partial charge in [-0.25, -0.2) is 9.48 Å². The van der Waals surface area contributed by atoms with Crippen LogP contribution in [0.1, 0.15) is 17.4 Å².